The number of sulfonamides is 1. The first kappa shape index (κ1) is 21.0. The second-order valence-corrected chi connectivity index (χ2v) is 8.87. The number of nitrogens with zero attached hydrogens (tertiary/aromatic N) is 2. The van der Waals surface area contributed by atoms with Crippen molar-refractivity contribution in [1.29, 1.82) is 0 Å². The van der Waals surface area contributed by atoms with Gasteiger partial charge >= 0.3 is 0 Å². The first-order valence-corrected chi connectivity index (χ1v) is 10.7. The minimum atomic E-state index is -3.68. The van der Waals surface area contributed by atoms with Gasteiger partial charge in [-0.05, 0) is 61.9 Å². The van der Waals surface area contributed by atoms with Crippen LogP contribution in [0.3, 0.4) is 0 Å². The molecular weight excluding hydrogens is 412 g/mol. The topological polar surface area (TPSA) is 93.1 Å². The van der Waals surface area contributed by atoms with Gasteiger partial charge in [0.15, 0.2) is 0 Å². The molecule has 0 radical (unpaired) electrons. The van der Waals surface area contributed by atoms with E-state index in [9.17, 15) is 13.2 Å². The molecule has 1 heterocycles. The quantitative estimate of drug-likeness (QED) is 0.624. The van der Waals surface area contributed by atoms with E-state index < -0.39 is 15.9 Å². The molecule has 3 aromatic rings. The highest BCUT2D eigenvalue weighted by Crippen LogP contribution is 2.22. The second kappa shape index (κ2) is 8.36. The minimum absolute atomic E-state index is 0.0832. The molecule has 0 aliphatic rings. The third-order valence-corrected chi connectivity index (χ3v) is 6.44. The van der Waals surface area contributed by atoms with Crippen molar-refractivity contribution in [1.82, 2.24) is 14.5 Å². The van der Waals surface area contributed by atoms with Gasteiger partial charge in [-0.2, -0.15) is 5.10 Å². The molecule has 0 aliphatic carbocycles. The zero-order valence-corrected chi connectivity index (χ0v) is 17.8. The van der Waals surface area contributed by atoms with Crippen molar-refractivity contribution in [3.63, 3.8) is 0 Å². The average Bonchev–Trinajstić information content (AvgIpc) is 3.12. The van der Waals surface area contributed by atoms with Gasteiger partial charge in [0.05, 0.1) is 17.6 Å². The van der Waals surface area contributed by atoms with E-state index in [0.29, 0.717) is 28.5 Å². The highest BCUT2D eigenvalue weighted by atomic mass is 35.5. The molecule has 0 spiro atoms. The monoisotopic (exact) mass is 432 g/mol. The van der Waals surface area contributed by atoms with Gasteiger partial charge in [-0.3, -0.25) is 4.79 Å². The van der Waals surface area contributed by atoms with Crippen LogP contribution in [0.5, 0.6) is 0 Å². The fraction of sp³-hybridized carbons (Fsp3) is 0.200. The number of benzene rings is 2. The van der Waals surface area contributed by atoms with Crippen LogP contribution in [0.4, 0.5) is 5.82 Å². The van der Waals surface area contributed by atoms with E-state index in [1.165, 1.54) is 13.1 Å². The number of halogens is 1. The van der Waals surface area contributed by atoms with Gasteiger partial charge in [0.1, 0.15) is 5.82 Å². The Balaban J connectivity index is 1.87. The zero-order valence-electron chi connectivity index (χ0n) is 16.2. The number of amides is 1. The largest absolute Gasteiger partial charge is 0.307 e. The maximum Gasteiger partial charge on any atom is 0.256 e. The smallest absolute Gasteiger partial charge is 0.256 e. The predicted octanol–water partition coefficient (Wildman–Crippen LogP) is 3.36. The minimum Gasteiger partial charge on any atom is -0.307 e. The van der Waals surface area contributed by atoms with Crippen molar-refractivity contribution in [3.05, 3.63) is 75.9 Å². The van der Waals surface area contributed by atoms with E-state index in [-0.39, 0.29) is 10.5 Å². The number of rotatable bonds is 6. The first-order chi connectivity index (χ1) is 13.7. The maximum absolute atomic E-state index is 12.8. The number of nitrogens with one attached hydrogen (secondary N) is 2. The molecule has 0 bridgehead atoms. The van der Waals surface area contributed by atoms with Crippen molar-refractivity contribution < 1.29 is 13.2 Å². The average molecular weight is 433 g/mol. The number of carbonyl (C=O) groups excluding carboxylic acids is 1. The van der Waals surface area contributed by atoms with Crippen molar-refractivity contribution in [2.24, 2.45) is 0 Å². The fourth-order valence-corrected chi connectivity index (χ4v) is 4.06. The molecule has 2 aromatic carbocycles. The highest BCUT2D eigenvalue weighted by Gasteiger charge is 2.20. The predicted molar refractivity (Wildman–Crippen MR) is 113 cm³/mol. The molecule has 0 aliphatic heterocycles. The normalized spacial score (nSPS) is 11.4. The number of aryl methyl sites for hydroxylation is 1. The number of carbonyl (C=O) groups is 1. The molecule has 0 saturated carbocycles. The summed E-state index contributed by atoms with van der Waals surface area (Å²) in [7, 11) is -2.34. The van der Waals surface area contributed by atoms with E-state index in [1.807, 2.05) is 12.1 Å². The molecule has 0 unspecified atom stereocenters. The zero-order chi connectivity index (χ0) is 21.2. The lowest BCUT2D eigenvalue weighted by molar-refractivity contribution is 0.102. The lowest BCUT2D eigenvalue weighted by atomic mass is 10.1. The van der Waals surface area contributed by atoms with E-state index in [2.05, 4.69) is 15.1 Å². The third-order valence-electron chi connectivity index (χ3n) is 4.64. The third kappa shape index (κ3) is 4.67. The van der Waals surface area contributed by atoms with Crippen LogP contribution in [0.15, 0.2) is 53.6 Å². The summed E-state index contributed by atoms with van der Waals surface area (Å²) in [6, 6.07) is 12.1. The van der Waals surface area contributed by atoms with Gasteiger partial charge in [-0.1, -0.05) is 23.7 Å². The molecule has 0 atom stereocenters. The van der Waals surface area contributed by atoms with Gasteiger partial charge in [0, 0.05) is 16.7 Å². The molecule has 0 fully saturated rings. The Labute approximate surface area is 174 Å². The Kier molecular flexibility index (Phi) is 6.07. The lowest BCUT2D eigenvalue weighted by Gasteiger charge is -2.13. The van der Waals surface area contributed by atoms with Crippen LogP contribution in [0.1, 0.15) is 27.0 Å². The van der Waals surface area contributed by atoms with E-state index in [1.54, 1.807) is 49.0 Å². The molecule has 152 valence electrons. The Morgan fingerprint density at radius 1 is 1.14 bits per heavy atom. The molecule has 1 aromatic heterocycles. The molecular formula is C20H21ClN4O3S. The second-order valence-electron chi connectivity index (χ2n) is 6.58. The fourth-order valence-electron chi connectivity index (χ4n) is 2.86. The van der Waals surface area contributed by atoms with Crippen molar-refractivity contribution in [3.8, 4) is 0 Å². The van der Waals surface area contributed by atoms with Crippen molar-refractivity contribution in [2.45, 2.75) is 25.3 Å². The van der Waals surface area contributed by atoms with Crippen molar-refractivity contribution in [2.75, 3.05) is 12.4 Å². The summed E-state index contributed by atoms with van der Waals surface area (Å²) in [6.07, 6.45) is 1.59. The number of hydrogen-bond donors (Lipinski definition) is 2. The lowest BCUT2D eigenvalue weighted by Crippen LogP contribution is -2.22. The van der Waals surface area contributed by atoms with E-state index >= 15 is 0 Å². The standard InChI is InChI=1S/C20H21ClN4O3S/c1-13-10-16(11-18(14(13)2)29(27,28)22-3)20(26)24-19-8-9-23-25(19)12-15-4-6-17(21)7-5-15/h4-11,22H,12H2,1-3H3,(H,24,26). The molecule has 29 heavy (non-hydrogen) atoms. The SMILES string of the molecule is CNS(=O)(=O)c1cc(C(=O)Nc2ccnn2Cc2ccc(Cl)cc2)cc(C)c1C. The summed E-state index contributed by atoms with van der Waals surface area (Å²) in [4.78, 5) is 12.9. The maximum atomic E-state index is 12.8. The van der Waals surface area contributed by atoms with Gasteiger partial charge < -0.3 is 5.32 Å². The molecule has 1 amide bonds. The summed E-state index contributed by atoms with van der Waals surface area (Å²) in [5, 5.41) is 7.69. The number of hydrogen-bond acceptors (Lipinski definition) is 4. The van der Waals surface area contributed by atoms with Crippen LogP contribution in [0.25, 0.3) is 0 Å². The summed E-state index contributed by atoms with van der Waals surface area (Å²) in [6.45, 7) is 3.93. The molecule has 9 heteroatoms. The van der Waals surface area contributed by atoms with Crippen LogP contribution in [0, 0.1) is 13.8 Å². The molecule has 0 saturated heterocycles. The highest BCUT2D eigenvalue weighted by molar-refractivity contribution is 7.89. The van der Waals surface area contributed by atoms with Crippen LogP contribution in [-0.4, -0.2) is 31.2 Å². The number of anilines is 1. The van der Waals surface area contributed by atoms with Crippen LogP contribution in [0.2, 0.25) is 5.02 Å². The van der Waals surface area contributed by atoms with Crippen LogP contribution in [-0.2, 0) is 16.6 Å². The van der Waals surface area contributed by atoms with E-state index in [0.717, 1.165) is 5.56 Å². The Morgan fingerprint density at radius 2 is 1.83 bits per heavy atom. The van der Waals surface area contributed by atoms with Gasteiger partial charge in [0.25, 0.3) is 5.91 Å². The van der Waals surface area contributed by atoms with Gasteiger partial charge in [-0.15, -0.1) is 0 Å². The van der Waals surface area contributed by atoms with Gasteiger partial charge in [0.2, 0.25) is 10.0 Å². The first-order valence-electron chi connectivity index (χ1n) is 8.83. The Bertz CT molecular complexity index is 1150. The van der Waals surface area contributed by atoms with Gasteiger partial charge in [-0.25, -0.2) is 17.8 Å². The van der Waals surface area contributed by atoms with Crippen molar-refractivity contribution >= 4 is 33.3 Å². The molecule has 3 rings (SSSR count). The number of aromatic nitrogens is 2. The van der Waals surface area contributed by atoms with Crippen LogP contribution >= 0.6 is 11.6 Å². The molecule has 7 nitrogen and oxygen atoms in total. The summed E-state index contributed by atoms with van der Waals surface area (Å²) < 4.78 is 28.5. The molecule has 2 N–H and O–H groups in total. The Morgan fingerprint density at radius 3 is 2.48 bits per heavy atom. The van der Waals surface area contributed by atoms with E-state index in [4.69, 9.17) is 11.6 Å². The summed E-state index contributed by atoms with van der Waals surface area (Å²) in [5.74, 6) is 0.0831. The summed E-state index contributed by atoms with van der Waals surface area (Å²) >= 11 is 5.91. The van der Waals surface area contributed by atoms with Crippen LogP contribution < -0.4 is 10.0 Å². The summed E-state index contributed by atoms with van der Waals surface area (Å²) in [5.41, 5.74) is 2.54. The Hall–Kier alpha value is -2.68.